The number of rotatable bonds is 14. The van der Waals surface area contributed by atoms with Crippen LogP contribution in [0.2, 0.25) is 0 Å². The van der Waals surface area contributed by atoms with E-state index in [0.717, 1.165) is 15.4 Å². The highest BCUT2D eigenvalue weighted by Crippen LogP contribution is 2.34. The summed E-state index contributed by atoms with van der Waals surface area (Å²) in [6.45, 7) is 4.66. The van der Waals surface area contributed by atoms with Gasteiger partial charge in [-0.25, -0.2) is 12.8 Å². The lowest BCUT2D eigenvalue weighted by Crippen LogP contribution is -2.54. The number of benzene rings is 4. The third kappa shape index (κ3) is 8.31. The molecule has 0 unspecified atom stereocenters. The number of aryl methyl sites for hydroxylation is 1. The zero-order valence-electron chi connectivity index (χ0n) is 26.5. The molecule has 0 radical (unpaired) electrons. The van der Waals surface area contributed by atoms with Gasteiger partial charge in [0.15, 0.2) is 0 Å². The predicted molar refractivity (Wildman–Crippen MR) is 177 cm³/mol. The van der Waals surface area contributed by atoms with Crippen LogP contribution in [0, 0.1) is 12.7 Å². The van der Waals surface area contributed by atoms with Crippen LogP contribution in [0.4, 0.5) is 10.1 Å². The minimum Gasteiger partial charge on any atom is -0.495 e. The smallest absolute Gasteiger partial charge is 0.264 e. The number of carbonyl (C=O) groups is 2. The van der Waals surface area contributed by atoms with Crippen molar-refractivity contribution in [1.29, 1.82) is 0 Å². The van der Waals surface area contributed by atoms with E-state index in [1.807, 2.05) is 44.2 Å². The summed E-state index contributed by atoms with van der Waals surface area (Å²) in [5.41, 5.74) is 1.88. The fourth-order valence-corrected chi connectivity index (χ4v) is 6.47. The van der Waals surface area contributed by atoms with Crippen LogP contribution in [0.25, 0.3) is 0 Å². The first-order valence-electron chi connectivity index (χ1n) is 15.1. The van der Waals surface area contributed by atoms with E-state index in [-0.39, 0.29) is 40.9 Å². The molecule has 4 aromatic rings. The van der Waals surface area contributed by atoms with Crippen molar-refractivity contribution in [3.05, 3.63) is 126 Å². The number of hydrogen-bond donors (Lipinski definition) is 1. The molecule has 2 amide bonds. The molecule has 0 aliphatic rings. The molecule has 0 fully saturated rings. The Morgan fingerprint density at radius 3 is 2.17 bits per heavy atom. The fourth-order valence-electron chi connectivity index (χ4n) is 5.03. The van der Waals surface area contributed by atoms with Crippen molar-refractivity contribution in [2.75, 3.05) is 18.0 Å². The summed E-state index contributed by atoms with van der Waals surface area (Å²) >= 11 is 0. The van der Waals surface area contributed by atoms with E-state index in [4.69, 9.17) is 4.74 Å². The molecule has 1 N–H and O–H groups in total. The maximum absolute atomic E-state index is 15.1. The van der Waals surface area contributed by atoms with Crippen LogP contribution in [-0.2, 0) is 32.6 Å². The van der Waals surface area contributed by atoms with Crippen LogP contribution >= 0.6 is 0 Å². The number of amides is 2. The Balaban J connectivity index is 1.86. The molecule has 0 saturated carbocycles. The van der Waals surface area contributed by atoms with E-state index in [0.29, 0.717) is 6.42 Å². The van der Waals surface area contributed by atoms with Gasteiger partial charge in [-0.2, -0.15) is 0 Å². The molecule has 0 heterocycles. The lowest BCUT2D eigenvalue weighted by atomic mass is 10.0. The Morgan fingerprint density at radius 1 is 0.913 bits per heavy atom. The number of halogens is 1. The van der Waals surface area contributed by atoms with Gasteiger partial charge >= 0.3 is 0 Å². The van der Waals surface area contributed by atoms with Gasteiger partial charge in [-0.05, 0) is 61.7 Å². The Hall–Kier alpha value is -4.70. The highest BCUT2D eigenvalue weighted by atomic mass is 32.2. The van der Waals surface area contributed by atoms with Gasteiger partial charge in [-0.3, -0.25) is 13.9 Å². The minimum atomic E-state index is -4.31. The zero-order chi connectivity index (χ0) is 33.3. The largest absolute Gasteiger partial charge is 0.495 e. The molecular weight excluding hydrogens is 605 g/mol. The molecule has 0 aliphatic heterocycles. The standard InChI is InChI=1S/C36H40FN3O5S/c1-5-27(3)38-36(42)33(23-28-14-8-6-9-15-28)39(24-29-16-12-13-19-31(29)37)35(41)25-40(32-22-26(2)20-21-34(32)45-4)46(43,44)30-17-10-7-11-18-30/h6-22,27,33H,5,23-25H2,1-4H3,(H,38,42)/t27-,33+/m0/s1. The van der Waals surface area contributed by atoms with E-state index >= 15 is 4.39 Å². The first-order chi connectivity index (χ1) is 22.0. The molecule has 0 saturated heterocycles. The second-order valence-electron chi connectivity index (χ2n) is 11.1. The van der Waals surface area contributed by atoms with Crippen molar-refractivity contribution >= 4 is 27.5 Å². The SMILES string of the molecule is CC[C@H](C)NC(=O)[C@@H](Cc1ccccc1)N(Cc1ccccc1F)C(=O)CN(c1cc(C)ccc1OC)S(=O)(=O)c1ccccc1. The highest BCUT2D eigenvalue weighted by Gasteiger charge is 2.36. The minimum absolute atomic E-state index is 0.0256. The van der Waals surface area contributed by atoms with Crippen molar-refractivity contribution in [2.45, 2.75) is 57.1 Å². The van der Waals surface area contributed by atoms with Crippen molar-refractivity contribution in [3.63, 3.8) is 0 Å². The lowest BCUT2D eigenvalue weighted by molar-refractivity contribution is -0.140. The van der Waals surface area contributed by atoms with Gasteiger partial charge in [0.05, 0.1) is 17.7 Å². The first kappa shape index (κ1) is 34.2. The molecule has 4 aromatic carbocycles. The lowest BCUT2D eigenvalue weighted by Gasteiger charge is -2.34. The van der Waals surface area contributed by atoms with Gasteiger partial charge in [0.2, 0.25) is 11.8 Å². The van der Waals surface area contributed by atoms with E-state index in [1.54, 1.807) is 61.5 Å². The zero-order valence-corrected chi connectivity index (χ0v) is 27.3. The van der Waals surface area contributed by atoms with Crippen molar-refractivity contribution in [3.8, 4) is 5.75 Å². The molecule has 0 bridgehead atoms. The summed E-state index contributed by atoms with van der Waals surface area (Å²) in [7, 11) is -2.89. The quantitative estimate of drug-likeness (QED) is 0.185. The first-order valence-corrected chi connectivity index (χ1v) is 16.6. The molecule has 8 nitrogen and oxygen atoms in total. The van der Waals surface area contributed by atoms with Crippen molar-refractivity contribution < 1.29 is 27.1 Å². The Bertz CT molecular complexity index is 1740. The van der Waals surface area contributed by atoms with Gasteiger partial charge in [-0.15, -0.1) is 0 Å². The molecular formula is C36H40FN3O5S. The van der Waals surface area contributed by atoms with Gasteiger partial charge in [0, 0.05) is 24.6 Å². The number of methoxy groups -OCH3 is 1. The summed E-state index contributed by atoms with van der Waals surface area (Å²) in [4.78, 5) is 29.7. The van der Waals surface area contributed by atoms with Crippen molar-refractivity contribution in [1.82, 2.24) is 10.2 Å². The third-order valence-electron chi connectivity index (χ3n) is 7.78. The number of ether oxygens (including phenoxy) is 1. The molecule has 4 rings (SSSR count). The second-order valence-corrected chi connectivity index (χ2v) is 13.0. The average molecular weight is 646 g/mol. The number of nitrogens with zero attached hydrogens (tertiary/aromatic N) is 2. The number of sulfonamides is 1. The molecule has 0 aromatic heterocycles. The average Bonchev–Trinajstić information content (AvgIpc) is 3.06. The highest BCUT2D eigenvalue weighted by molar-refractivity contribution is 7.92. The molecule has 46 heavy (non-hydrogen) atoms. The fraction of sp³-hybridized carbons (Fsp3) is 0.278. The van der Waals surface area contributed by atoms with Gasteiger partial charge in [0.25, 0.3) is 10.0 Å². The summed E-state index contributed by atoms with van der Waals surface area (Å²) in [6, 6.07) is 26.8. The predicted octanol–water partition coefficient (Wildman–Crippen LogP) is 5.89. The maximum Gasteiger partial charge on any atom is 0.264 e. The summed E-state index contributed by atoms with van der Waals surface area (Å²) < 4.78 is 50.1. The van der Waals surface area contributed by atoms with E-state index in [1.165, 1.54) is 30.2 Å². The van der Waals surface area contributed by atoms with E-state index in [9.17, 15) is 18.0 Å². The molecule has 2 atom stereocenters. The summed E-state index contributed by atoms with van der Waals surface area (Å²) in [5, 5.41) is 2.97. The Morgan fingerprint density at radius 2 is 1.54 bits per heavy atom. The number of nitrogens with one attached hydrogen (secondary N) is 1. The van der Waals surface area contributed by atoms with Gasteiger partial charge in [-0.1, -0.05) is 79.7 Å². The summed E-state index contributed by atoms with van der Waals surface area (Å²) in [5.74, 6) is -1.41. The second kappa shape index (κ2) is 15.5. The molecule has 0 aliphatic carbocycles. The topological polar surface area (TPSA) is 96.0 Å². The third-order valence-corrected chi connectivity index (χ3v) is 9.56. The van der Waals surface area contributed by atoms with Crippen LogP contribution in [0.5, 0.6) is 5.75 Å². The number of hydrogen-bond acceptors (Lipinski definition) is 5. The van der Waals surface area contributed by atoms with Crippen LogP contribution < -0.4 is 14.4 Å². The monoisotopic (exact) mass is 645 g/mol. The van der Waals surface area contributed by atoms with E-state index in [2.05, 4.69) is 5.32 Å². The van der Waals surface area contributed by atoms with Gasteiger partial charge in [0.1, 0.15) is 24.2 Å². The molecule has 10 heteroatoms. The number of anilines is 1. The van der Waals surface area contributed by atoms with Gasteiger partial charge < -0.3 is 15.0 Å². The van der Waals surface area contributed by atoms with Crippen LogP contribution in [0.15, 0.2) is 108 Å². The normalized spacial score (nSPS) is 12.5. The molecule has 242 valence electrons. The van der Waals surface area contributed by atoms with Crippen LogP contribution in [0.1, 0.15) is 37.0 Å². The van der Waals surface area contributed by atoms with Crippen molar-refractivity contribution in [2.24, 2.45) is 0 Å². The Labute approximate surface area is 270 Å². The van der Waals surface area contributed by atoms with E-state index < -0.39 is 40.2 Å². The van der Waals surface area contributed by atoms with Crippen LogP contribution in [0.3, 0.4) is 0 Å². The Kier molecular flexibility index (Phi) is 11.5. The maximum atomic E-state index is 15.1. The molecule has 0 spiro atoms. The summed E-state index contributed by atoms with van der Waals surface area (Å²) in [6.07, 6.45) is 0.782. The van der Waals surface area contributed by atoms with Crippen LogP contribution in [-0.4, -0.2) is 50.9 Å². The number of carbonyl (C=O) groups excluding carboxylic acids is 2.